The van der Waals surface area contributed by atoms with Gasteiger partial charge in [-0.2, -0.15) is 0 Å². The third kappa shape index (κ3) is 2.26. The van der Waals surface area contributed by atoms with E-state index in [2.05, 4.69) is 41.5 Å². The lowest BCUT2D eigenvalue weighted by atomic mass is 9.94. The Balaban J connectivity index is 2.28. The summed E-state index contributed by atoms with van der Waals surface area (Å²) in [7, 11) is 0. The van der Waals surface area contributed by atoms with Crippen LogP contribution in [0.5, 0.6) is 0 Å². The molecule has 0 aromatic carbocycles. The average molecular weight is 251 g/mol. The molecular weight excluding hydrogens is 230 g/mol. The zero-order valence-electron chi connectivity index (χ0n) is 11.2. The molecule has 6 nitrogen and oxygen atoms in total. The van der Waals surface area contributed by atoms with Crippen LogP contribution in [0.15, 0.2) is 6.33 Å². The van der Waals surface area contributed by atoms with Crippen molar-refractivity contribution in [1.29, 1.82) is 0 Å². The lowest BCUT2D eigenvalue weighted by Crippen LogP contribution is -2.41. The zero-order valence-corrected chi connectivity index (χ0v) is 11.2. The van der Waals surface area contributed by atoms with Gasteiger partial charge in [0.15, 0.2) is 0 Å². The van der Waals surface area contributed by atoms with Gasteiger partial charge in [-0.05, 0) is 26.7 Å². The Bertz CT molecular complexity index is 425. The summed E-state index contributed by atoms with van der Waals surface area (Å²) >= 11 is 0. The topological polar surface area (TPSA) is 85.1 Å². The van der Waals surface area contributed by atoms with Crippen LogP contribution in [-0.4, -0.2) is 28.2 Å². The van der Waals surface area contributed by atoms with E-state index < -0.39 is 0 Å². The van der Waals surface area contributed by atoms with Crippen LogP contribution in [0, 0.1) is 0 Å². The van der Waals surface area contributed by atoms with Crippen LogP contribution in [0.2, 0.25) is 0 Å². The van der Waals surface area contributed by atoms with Gasteiger partial charge in [0.2, 0.25) is 0 Å². The zero-order chi connectivity index (χ0) is 13.2. The van der Waals surface area contributed by atoms with Crippen molar-refractivity contribution in [2.75, 3.05) is 17.3 Å². The second kappa shape index (κ2) is 5.07. The van der Waals surface area contributed by atoms with Gasteiger partial charge in [0.05, 0.1) is 11.6 Å². The maximum Gasteiger partial charge on any atom is 0.148 e. The van der Waals surface area contributed by atoms with Crippen molar-refractivity contribution in [2.45, 2.75) is 45.3 Å². The Kier molecular flexibility index (Phi) is 3.68. The normalized spacial score (nSPS) is 27.2. The molecule has 6 heteroatoms. The summed E-state index contributed by atoms with van der Waals surface area (Å²) in [5, 5.41) is 3.49. The minimum Gasteiger partial charge on any atom is -0.376 e. The Morgan fingerprint density at radius 3 is 2.78 bits per heavy atom. The minimum atomic E-state index is -0.0931. The van der Waals surface area contributed by atoms with E-state index in [1.807, 2.05) is 0 Å². The molecule has 0 saturated carbocycles. The molecule has 1 fully saturated rings. The number of nitrogens with zero attached hydrogens (tertiary/aromatic N) is 2. The van der Waals surface area contributed by atoms with Crippen LogP contribution in [-0.2, 0) is 11.2 Å². The molecule has 1 aromatic rings. The number of hydrogen-bond acceptors (Lipinski definition) is 6. The van der Waals surface area contributed by atoms with E-state index in [1.54, 1.807) is 0 Å². The van der Waals surface area contributed by atoms with Gasteiger partial charge in [-0.15, -0.1) is 0 Å². The standard InChI is InChI=1S/C12H21N5O/c1-4-9-10(14-7-15-11(9)17-13)16-12(3)5-6-18-8(12)2/h7-8H,4-6,13H2,1-3H3,(H2,14,15,16,17). The molecule has 2 atom stereocenters. The molecule has 2 heterocycles. The van der Waals surface area contributed by atoms with Crippen LogP contribution >= 0.6 is 0 Å². The fourth-order valence-electron chi connectivity index (χ4n) is 2.25. The molecule has 0 radical (unpaired) electrons. The lowest BCUT2D eigenvalue weighted by molar-refractivity contribution is 0.105. The number of nitrogen functional groups attached to an aromatic ring is 1. The molecule has 0 bridgehead atoms. The number of anilines is 2. The maximum atomic E-state index is 5.62. The van der Waals surface area contributed by atoms with E-state index in [4.69, 9.17) is 10.6 Å². The van der Waals surface area contributed by atoms with Gasteiger partial charge in [-0.25, -0.2) is 15.8 Å². The molecular formula is C12H21N5O. The van der Waals surface area contributed by atoms with Crippen molar-refractivity contribution in [3.63, 3.8) is 0 Å². The van der Waals surface area contributed by atoms with Crippen LogP contribution in [0.1, 0.15) is 32.8 Å². The first-order chi connectivity index (χ1) is 8.60. The van der Waals surface area contributed by atoms with E-state index in [0.717, 1.165) is 30.8 Å². The summed E-state index contributed by atoms with van der Waals surface area (Å²) in [5.41, 5.74) is 3.52. The van der Waals surface area contributed by atoms with Gasteiger partial charge in [0.25, 0.3) is 0 Å². The molecule has 1 aliphatic rings. The minimum absolute atomic E-state index is 0.0931. The summed E-state index contributed by atoms with van der Waals surface area (Å²) < 4.78 is 5.62. The summed E-state index contributed by atoms with van der Waals surface area (Å²) in [6, 6.07) is 0. The molecule has 0 aliphatic carbocycles. The second-order valence-corrected chi connectivity index (χ2v) is 4.85. The fraction of sp³-hybridized carbons (Fsp3) is 0.667. The lowest BCUT2D eigenvalue weighted by Gasteiger charge is -2.30. The number of nitrogens with one attached hydrogen (secondary N) is 2. The number of rotatable bonds is 4. The van der Waals surface area contributed by atoms with E-state index in [1.165, 1.54) is 6.33 Å². The molecule has 18 heavy (non-hydrogen) atoms. The molecule has 0 spiro atoms. The Morgan fingerprint density at radius 2 is 2.22 bits per heavy atom. The highest BCUT2D eigenvalue weighted by atomic mass is 16.5. The van der Waals surface area contributed by atoms with Crippen molar-refractivity contribution >= 4 is 11.6 Å². The molecule has 4 N–H and O–H groups in total. The largest absolute Gasteiger partial charge is 0.376 e. The van der Waals surface area contributed by atoms with Crippen molar-refractivity contribution in [1.82, 2.24) is 9.97 Å². The summed E-state index contributed by atoms with van der Waals surface area (Å²) in [4.78, 5) is 8.45. The summed E-state index contributed by atoms with van der Waals surface area (Å²) in [6.45, 7) is 7.07. The molecule has 2 unspecified atom stereocenters. The van der Waals surface area contributed by atoms with E-state index in [-0.39, 0.29) is 11.6 Å². The van der Waals surface area contributed by atoms with Crippen LogP contribution in [0.3, 0.4) is 0 Å². The first kappa shape index (κ1) is 13.0. The van der Waals surface area contributed by atoms with Crippen LogP contribution < -0.4 is 16.6 Å². The number of hydrazine groups is 1. The summed E-state index contributed by atoms with van der Waals surface area (Å²) in [6.07, 6.45) is 3.45. The predicted molar refractivity (Wildman–Crippen MR) is 71.3 cm³/mol. The van der Waals surface area contributed by atoms with Gasteiger partial charge < -0.3 is 15.5 Å². The van der Waals surface area contributed by atoms with Crippen molar-refractivity contribution in [3.8, 4) is 0 Å². The van der Waals surface area contributed by atoms with Crippen molar-refractivity contribution in [3.05, 3.63) is 11.9 Å². The van der Waals surface area contributed by atoms with Gasteiger partial charge in [-0.3, -0.25) is 0 Å². The number of nitrogens with two attached hydrogens (primary N) is 1. The van der Waals surface area contributed by atoms with Crippen LogP contribution in [0.4, 0.5) is 11.6 Å². The molecule has 0 amide bonds. The van der Waals surface area contributed by atoms with E-state index >= 15 is 0 Å². The highest BCUT2D eigenvalue weighted by Crippen LogP contribution is 2.31. The monoisotopic (exact) mass is 251 g/mol. The fourth-order valence-corrected chi connectivity index (χ4v) is 2.25. The van der Waals surface area contributed by atoms with Crippen molar-refractivity contribution < 1.29 is 4.74 Å². The molecule has 1 saturated heterocycles. The van der Waals surface area contributed by atoms with Gasteiger partial charge in [-0.1, -0.05) is 6.92 Å². The maximum absolute atomic E-state index is 5.62. The molecule has 100 valence electrons. The average Bonchev–Trinajstić information content (AvgIpc) is 2.69. The van der Waals surface area contributed by atoms with Crippen molar-refractivity contribution in [2.24, 2.45) is 5.84 Å². The highest BCUT2D eigenvalue weighted by Gasteiger charge is 2.37. The molecule has 1 aliphatic heterocycles. The Morgan fingerprint density at radius 1 is 1.50 bits per heavy atom. The quantitative estimate of drug-likeness (QED) is 0.552. The predicted octanol–water partition coefficient (Wildman–Crippen LogP) is 1.30. The van der Waals surface area contributed by atoms with E-state index in [9.17, 15) is 0 Å². The highest BCUT2D eigenvalue weighted by molar-refractivity contribution is 5.58. The van der Waals surface area contributed by atoms with Crippen LogP contribution in [0.25, 0.3) is 0 Å². The Labute approximate surface area is 107 Å². The SMILES string of the molecule is CCc1c(NN)ncnc1NC1(C)CCOC1C. The first-order valence-corrected chi connectivity index (χ1v) is 6.31. The number of ether oxygens (including phenoxy) is 1. The number of aromatic nitrogens is 2. The smallest absolute Gasteiger partial charge is 0.148 e. The number of hydrogen-bond donors (Lipinski definition) is 3. The third-order valence-electron chi connectivity index (χ3n) is 3.73. The molecule has 2 rings (SSSR count). The molecule has 1 aromatic heterocycles. The summed E-state index contributed by atoms with van der Waals surface area (Å²) in [5.74, 6) is 6.98. The Hall–Kier alpha value is -1.40. The van der Waals surface area contributed by atoms with Gasteiger partial charge >= 0.3 is 0 Å². The van der Waals surface area contributed by atoms with Gasteiger partial charge in [0.1, 0.15) is 18.0 Å². The third-order valence-corrected chi connectivity index (χ3v) is 3.73. The first-order valence-electron chi connectivity index (χ1n) is 6.31. The second-order valence-electron chi connectivity index (χ2n) is 4.85. The van der Waals surface area contributed by atoms with Gasteiger partial charge in [0, 0.05) is 12.2 Å². The van der Waals surface area contributed by atoms with E-state index in [0.29, 0.717) is 5.82 Å².